The summed E-state index contributed by atoms with van der Waals surface area (Å²) in [5.41, 5.74) is 5.15. The second kappa shape index (κ2) is 4.24. The van der Waals surface area contributed by atoms with Gasteiger partial charge in [-0.05, 0) is 14.0 Å². The van der Waals surface area contributed by atoms with E-state index in [9.17, 15) is 0 Å². The van der Waals surface area contributed by atoms with E-state index in [1.165, 1.54) is 0 Å². The van der Waals surface area contributed by atoms with E-state index in [4.69, 9.17) is 16.2 Å². The molecule has 0 amide bonds. The van der Waals surface area contributed by atoms with Crippen molar-refractivity contribution in [2.24, 2.45) is 5.73 Å². The molecule has 0 saturated heterocycles. The van der Waals surface area contributed by atoms with Crippen LogP contribution in [0.1, 0.15) is 6.92 Å². The maximum Gasteiger partial charge on any atom is 0.105 e. The van der Waals surface area contributed by atoms with Gasteiger partial charge in [-0.3, -0.25) is 10.3 Å². The Bertz CT molecular complexity index is 116. The number of aliphatic hydroxyl groups is 1. The fourth-order valence-corrected chi connectivity index (χ4v) is 0.564. The van der Waals surface area contributed by atoms with Crippen LogP contribution >= 0.6 is 0 Å². The van der Waals surface area contributed by atoms with Gasteiger partial charge in [-0.15, -0.1) is 0 Å². The number of likely N-dealkylation sites (N-methyl/N-ethyl adjacent to an activating group) is 1. The first kappa shape index (κ1) is 9.39. The minimum atomic E-state index is 0.0731. The molecule has 0 rings (SSSR count). The fourth-order valence-electron chi connectivity index (χ4n) is 0.564. The molecule has 0 saturated carbocycles. The van der Waals surface area contributed by atoms with Crippen molar-refractivity contribution in [3.8, 4) is 0 Å². The lowest BCUT2D eigenvalue weighted by Gasteiger charge is -2.21. The molecule has 4 N–H and O–H groups in total. The van der Waals surface area contributed by atoms with Gasteiger partial charge in [0, 0.05) is 6.04 Å². The summed E-state index contributed by atoms with van der Waals surface area (Å²) in [4.78, 5) is 1.82. The zero-order valence-electron chi connectivity index (χ0n) is 6.46. The minimum Gasteiger partial charge on any atom is -0.395 e. The van der Waals surface area contributed by atoms with E-state index in [0.29, 0.717) is 6.54 Å². The van der Waals surface area contributed by atoms with Crippen molar-refractivity contribution in [1.82, 2.24) is 4.90 Å². The van der Waals surface area contributed by atoms with Crippen molar-refractivity contribution >= 4 is 5.84 Å². The van der Waals surface area contributed by atoms with Gasteiger partial charge in [0.05, 0.1) is 13.2 Å². The second-order valence-corrected chi connectivity index (χ2v) is 2.47. The predicted molar refractivity (Wildman–Crippen MR) is 41.1 cm³/mol. The van der Waals surface area contributed by atoms with Gasteiger partial charge >= 0.3 is 0 Å². The molecule has 0 radical (unpaired) electrons. The molecule has 0 bridgehead atoms. The van der Waals surface area contributed by atoms with Crippen LogP contribution in [0.25, 0.3) is 0 Å². The zero-order valence-corrected chi connectivity index (χ0v) is 6.46. The van der Waals surface area contributed by atoms with Crippen LogP contribution in [-0.2, 0) is 0 Å². The Hall–Kier alpha value is -0.610. The Balaban J connectivity index is 3.61. The Morgan fingerprint density at radius 3 is 2.60 bits per heavy atom. The summed E-state index contributed by atoms with van der Waals surface area (Å²) in [5, 5.41) is 15.6. The van der Waals surface area contributed by atoms with E-state index in [0.717, 1.165) is 0 Å². The zero-order chi connectivity index (χ0) is 8.15. The molecule has 1 atom stereocenters. The van der Waals surface area contributed by atoms with Gasteiger partial charge in [-0.1, -0.05) is 0 Å². The summed E-state index contributed by atoms with van der Waals surface area (Å²) in [6.45, 7) is 2.40. The molecule has 0 fully saturated rings. The summed E-state index contributed by atoms with van der Waals surface area (Å²) in [5.74, 6) is 0.128. The fraction of sp³-hybridized carbons (Fsp3) is 0.833. The summed E-state index contributed by atoms with van der Waals surface area (Å²) in [7, 11) is 1.82. The second-order valence-electron chi connectivity index (χ2n) is 2.47. The van der Waals surface area contributed by atoms with E-state index in [2.05, 4.69) is 0 Å². The Morgan fingerprint density at radius 1 is 1.80 bits per heavy atom. The number of nitrogens with zero attached hydrogens (tertiary/aromatic N) is 1. The standard InChI is InChI=1S/C6H15N3O/c1-5(4-10)9(2)3-6(7)8/h5,10H,3-4H2,1-2H3,(H3,7,8). The van der Waals surface area contributed by atoms with Crippen molar-refractivity contribution in [3.63, 3.8) is 0 Å². The maximum absolute atomic E-state index is 8.67. The summed E-state index contributed by atoms with van der Waals surface area (Å²) < 4.78 is 0. The van der Waals surface area contributed by atoms with E-state index < -0.39 is 0 Å². The third-order valence-electron chi connectivity index (χ3n) is 1.44. The summed E-state index contributed by atoms with van der Waals surface area (Å²) >= 11 is 0. The van der Waals surface area contributed by atoms with Crippen molar-refractivity contribution in [2.75, 3.05) is 20.2 Å². The van der Waals surface area contributed by atoms with Crippen LogP contribution in [0.5, 0.6) is 0 Å². The molecule has 0 aromatic carbocycles. The lowest BCUT2D eigenvalue weighted by atomic mass is 10.3. The van der Waals surface area contributed by atoms with E-state index in [-0.39, 0.29) is 18.5 Å². The minimum absolute atomic E-state index is 0.0731. The van der Waals surface area contributed by atoms with Crippen molar-refractivity contribution < 1.29 is 5.11 Å². The Labute approximate surface area is 61.1 Å². The van der Waals surface area contributed by atoms with Crippen LogP contribution in [-0.4, -0.2) is 42.1 Å². The monoisotopic (exact) mass is 145 g/mol. The first-order valence-corrected chi connectivity index (χ1v) is 3.22. The number of amidine groups is 1. The first-order chi connectivity index (χ1) is 4.57. The number of aliphatic hydroxyl groups excluding tert-OH is 1. The molecule has 0 aliphatic carbocycles. The highest BCUT2D eigenvalue weighted by Gasteiger charge is 2.07. The van der Waals surface area contributed by atoms with E-state index in [1.807, 2.05) is 18.9 Å². The van der Waals surface area contributed by atoms with Gasteiger partial charge in [-0.25, -0.2) is 0 Å². The van der Waals surface area contributed by atoms with E-state index in [1.54, 1.807) is 0 Å². The van der Waals surface area contributed by atoms with Crippen LogP contribution in [0.15, 0.2) is 0 Å². The molecule has 0 spiro atoms. The van der Waals surface area contributed by atoms with Crippen LogP contribution in [0.3, 0.4) is 0 Å². The molecule has 4 heteroatoms. The van der Waals surface area contributed by atoms with Gasteiger partial charge in [0.25, 0.3) is 0 Å². The SMILES string of the molecule is CC(CO)N(C)CC(=N)N. The highest BCUT2D eigenvalue weighted by Crippen LogP contribution is 1.91. The third-order valence-corrected chi connectivity index (χ3v) is 1.44. The summed E-state index contributed by atoms with van der Waals surface area (Å²) in [6, 6.07) is 0.0731. The number of hydrogen-bond acceptors (Lipinski definition) is 3. The molecular formula is C6H15N3O. The molecule has 0 heterocycles. The lowest BCUT2D eigenvalue weighted by molar-refractivity contribution is 0.173. The lowest BCUT2D eigenvalue weighted by Crippen LogP contribution is -2.38. The first-order valence-electron chi connectivity index (χ1n) is 3.22. The number of hydrogen-bond donors (Lipinski definition) is 3. The number of rotatable bonds is 4. The number of nitrogens with one attached hydrogen (secondary N) is 1. The highest BCUT2D eigenvalue weighted by atomic mass is 16.3. The average molecular weight is 145 g/mol. The summed E-state index contributed by atoms with van der Waals surface area (Å²) in [6.07, 6.45) is 0. The molecule has 4 nitrogen and oxygen atoms in total. The normalized spacial score (nSPS) is 13.6. The van der Waals surface area contributed by atoms with Crippen molar-refractivity contribution in [1.29, 1.82) is 5.41 Å². The highest BCUT2D eigenvalue weighted by molar-refractivity contribution is 5.78. The molecular weight excluding hydrogens is 130 g/mol. The van der Waals surface area contributed by atoms with Gasteiger partial charge in [0.2, 0.25) is 0 Å². The quantitative estimate of drug-likeness (QED) is 0.359. The Morgan fingerprint density at radius 2 is 2.30 bits per heavy atom. The average Bonchev–Trinajstić information content (AvgIpc) is 1.85. The molecule has 10 heavy (non-hydrogen) atoms. The third kappa shape index (κ3) is 3.42. The van der Waals surface area contributed by atoms with Gasteiger partial charge in [0.1, 0.15) is 5.84 Å². The van der Waals surface area contributed by atoms with Crippen LogP contribution in [0.4, 0.5) is 0 Å². The molecule has 0 aromatic heterocycles. The molecule has 60 valence electrons. The molecule has 1 unspecified atom stereocenters. The van der Waals surface area contributed by atoms with Crippen LogP contribution < -0.4 is 5.73 Å². The van der Waals surface area contributed by atoms with Gasteiger partial charge in [-0.2, -0.15) is 0 Å². The van der Waals surface area contributed by atoms with Crippen molar-refractivity contribution in [3.05, 3.63) is 0 Å². The molecule has 0 aliphatic heterocycles. The Kier molecular flexibility index (Phi) is 3.99. The van der Waals surface area contributed by atoms with Crippen molar-refractivity contribution in [2.45, 2.75) is 13.0 Å². The topological polar surface area (TPSA) is 73.3 Å². The smallest absolute Gasteiger partial charge is 0.105 e. The molecule has 0 aromatic rings. The van der Waals surface area contributed by atoms with Crippen LogP contribution in [0.2, 0.25) is 0 Å². The predicted octanol–water partition coefficient (Wildman–Crippen LogP) is -0.765. The molecule has 0 aliphatic rings. The van der Waals surface area contributed by atoms with Gasteiger partial charge in [0.15, 0.2) is 0 Å². The maximum atomic E-state index is 8.67. The number of nitrogens with two attached hydrogens (primary N) is 1. The largest absolute Gasteiger partial charge is 0.395 e. The van der Waals surface area contributed by atoms with Crippen LogP contribution in [0, 0.1) is 5.41 Å². The van der Waals surface area contributed by atoms with E-state index >= 15 is 0 Å². The van der Waals surface area contributed by atoms with Gasteiger partial charge < -0.3 is 10.8 Å².